The fraction of sp³-hybridized carbons (Fsp3) is 0.579. The first kappa shape index (κ1) is 25.7. The van der Waals surface area contributed by atoms with Gasteiger partial charge >= 0.3 is 12.5 Å². The molecule has 1 fully saturated rings. The average molecular weight is 481 g/mol. The van der Waals surface area contributed by atoms with Crippen molar-refractivity contribution >= 4 is 22.0 Å². The molecule has 0 saturated carbocycles. The van der Waals surface area contributed by atoms with Crippen LogP contribution in [0.4, 0.5) is 18.0 Å². The topological polar surface area (TPSA) is 105 Å². The lowest BCUT2D eigenvalue weighted by atomic mass is 10.2. The number of hydrogen-bond acceptors (Lipinski definition) is 6. The van der Waals surface area contributed by atoms with Crippen LogP contribution in [0.25, 0.3) is 0 Å². The Morgan fingerprint density at radius 2 is 1.53 bits per heavy atom. The number of piperazine rings is 1. The van der Waals surface area contributed by atoms with Gasteiger partial charge in [0.05, 0.1) is 4.90 Å². The molecule has 0 radical (unpaired) electrons. The molecule has 1 aliphatic heterocycles. The van der Waals surface area contributed by atoms with Gasteiger partial charge in [-0.2, -0.15) is 0 Å². The molecule has 13 heteroatoms. The van der Waals surface area contributed by atoms with E-state index in [1.807, 2.05) is 0 Å². The van der Waals surface area contributed by atoms with Crippen molar-refractivity contribution in [3.63, 3.8) is 0 Å². The second-order valence-corrected chi connectivity index (χ2v) is 9.78. The van der Waals surface area contributed by atoms with Gasteiger partial charge in [0.25, 0.3) is 0 Å². The summed E-state index contributed by atoms with van der Waals surface area (Å²) < 4.78 is 72.3. The number of hydrogen-bond donors (Lipinski definition) is 1. The Balaban J connectivity index is 1.79. The van der Waals surface area contributed by atoms with Gasteiger partial charge in [-0.05, 0) is 45.0 Å². The van der Waals surface area contributed by atoms with Crippen LogP contribution in [0.3, 0.4) is 0 Å². The number of benzene rings is 1. The Hall–Kier alpha value is -2.54. The van der Waals surface area contributed by atoms with E-state index in [0.717, 1.165) is 24.3 Å². The molecule has 0 atom stereocenters. The molecule has 0 bridgehead atoms. The summed E-state index contributed by atoms with van der Waals surface area (Å²) in [5.74, 6) is -0.831. The minimum Gasteiger partial charge on any atom is -0.444 e. The van der Waals surface area contributed by atoms with Crippen molar-refractivity contribution in [2.45, 2.75) is 44.1 Å². The predicted octanol–water partition coefficient (Wildman–Crippen LogP) is 2.33. The fourth-order valence-electron chi connectivity index (χ4n) is 2.82. The summed E-state index contributed by atoms with van der Waals surface area (Å²) in [6, 6.07) is 3.72. The number of amides is 2. The lowest BCUT2D eigenvalue weighted by molar-refractivity contribution is -0.274. The number of nitrogens with zero attached hydrogens (tertiary/aromatic N) is 2. The molecule has 180 valence electrons. The maximum Gasteiger partial charge on any atom is 0.573 e. The molecule has 0 spiro atoms. The third kappa shape index (κ3) is 8.19. The monoisotopic (exact) mass is 481 g/mol. The molecule has 1 heterocycles. The van der Waals surface area contributed by atoms with Crippen LogP contribution >= 0.6 is 0 Å². The molecule has 1 aliphatic rings. The van der Waals surface area contributed by atoms with Crippen molar-refractivity contribution < 1.29 is 40.7 Å². The molecular formula is C19H26F3N3O6S. The minimum atomic E-state index is -4.88. The molecule has 9 nitrogen and oxygen atoms in total. The molecule has 1 saturated heterocycles. The van der Waals surface area contributed by atoms with E-state index in [2.05, 4.69) is 9.46 Å². The van der Waals surface area contributed by atoms with Gasteiger partial charge in [0.2, 0.25) is 15.9 Å². The minimum absolute atomic E-state index is 0.110. The lowest BCUT2D eigenvalue weighted by Gasteiger charge is -2.35. The normalized spacial score (nSPS) is 15.4. The van der Waals surface area contributed by atoms with Gasteiger partial charge in [-0.15, -0.1) is 13.2 Å². The van der Waals surface area contributed by atoms with E-state index in [0.29, 0.717) is 26.2 Å². The fourth-order valence-corrected chi connectivity index (χ4v) is 3.85. The highest BCUT2D eigenvalue weighted by atomic mass is 32.2. The highest BCUT2D eigenvalue weighted by Crippen LogP contribution is 2.23. The molecule has 1 N–H and O–H groups in total. The number of ether oxygens (including phenoxy) is 2. The summed E-state index contributed by atoms with van der Waals surface area (Å²) in [6.45, 7) is 6.30. The maximum atomic E-state index is 12.3. The third-order valence-corrected chi connectivity index (χ3v) is 5.76. The van der Waals surface area contributed by atoms with Gasteiger partial charge in [0.15, 0.2) is 0 Å². The highest BCUT2D eigenvalue weighted by Gasteiger charge is 2.31. The first-order chi connectivity index (χ1) is 14.7. The number of carbonyl (C=O) groups is 2. The van der Waals surface area contributed by atoms with Gasteiger partial charge in [0, 0.05) is 39.1 Å². The van der Waals surface area contributed by atoms with Gasteiger partial charge in [-0.1, -0.05) is 0 Å². The van der Waals surface area contributed by atoms with Crippen LogP contribution in [0.15, 0.2) is 29.2 Å². The summed E-state index contributed by atoms with van der Waals surface area (Å²) in [4.78, 5) is 27.2. The van der Waals surface area contributed by atoms with Crippen LogP contribution in [0, 0.1) is 0 Å². The van der Waals surface area contributed by atoms with E-state index in [4.69, 9.17) is 4.74 Å². The largest absolute Gasteiger partial charge is 0.573 e. The van der Waals surface area contributed by atoms with Crippen LogP contribution in [0.5, 0.6) is 5.75 Å². The standard InChI is InChI=1S/C19H26F3N3O6S/c1-18(2,3)31-17(27)25-12-10-24(11-13-25)16(26)8-9-23-32(28,29)15-6-4-14(5-7-15)30-19(20,21)22/h4-7,23H,8-13H2,1-3H3. The van der Waals surface area contributed by atoms with Gasteiger partial charge in [-0.25, -0.2) is 17.9 Å². The van der Waals surface area contributed by atoms with Crippen molar-refractivity contribution in [2.24, 2.45) is 0 Å². The van der Waals surface area contributed by atoms with E-state index in [1.54, 1.807) is 20.8 Å². The van der Waals surface area contributed by atoms with E-state index in [1.165, 1.54) is 9.80 Å². The Morgan fingerprint density at radius 3 is 2.03 bits per heavy atom. The Bertz CT molecular complexity index is 906. The summed E-state index contributed by atoms with van der Waals surface area (Å²) in [5.41, 5.74) is -0.618. The van der Waals surface area contributed by atoms with E-state index in [-0.39, 0.29) is 23.8 Å². The zero-order valence-electron chi connectivity index (χ0n) is 17.9. The van der Waals surface area contributed by atoms with Gasteiger partial charge in [-0.3, -0.25) is 4.79 Å². The molecule has 2 amide bonds. The Kier molecular flexibility index (Phi) is 7.99. The predicted molar refractivity (Wildman–Crippen MR) is 107 cm³/mol. The molecular weight excluding hydrogens is 455 g/mol. The number of nitrogens with one attached hydrogen (secondary N) is 1. The Labute approximate surface area is 184 Å². The molecule has 0 aromatic heterocycles. The smallest absolute Gasteiger partial charge is 0.444 e. The number of sulfonamides is 1. The van der Waals surface area contributed by atoms with Crippen molar-refractivity contribution in [1.82, 2.24) is 14.5 Å². The van der Waals surface area contributed by atoms with Crippen LogP contribution in [-0.4, -0.2) is 74.9 Å². The van der Waals surface area contributed by atoms with Crippen LogP contribution in [0.1, 0.15) is 27.2 Å². The van der Waals surface area contributed by atoms with Crippen molar-refractivity contribution in [3.8, 4) is 5.75 Å². The summed E-state index contributed by atoms with van der Waals surface area (Å²) in [5, 5.41) is 0. The zero-order chi connectivity index (χ0) is 24.2. The molecule has 1 aromatic rings. The average Bonchev–Trinajstić information content (AvgIpc) is 2.65. The zero-order valence-corrected chi connectivity index (χ0v) is 18.8. The first-order valence-electron chi connectivity index (χ1n) is 9.77. The molecule has 0 aliphatic carbocycles. The number of rotatable bonds is 6. The molecule has 0 unspecified atom stereocenters. The molecule has 1 aromatic carbocycles. The summed E-state index contributed by atoms with van der Waals surface area (Å²) >= 11 is 0. The van der Waals surface area contributed by atoms with Crippen molar-refractivity contribution in [2.75, 3.05) is 32.7 Å². The molecule has 32 heavy (non-hydrogen) atoms. The lowest BCUT2D eigenvalue weighted by Crippen LogP contribution is -2.52. The second-order valence-electron chi connectivity index (χ2n) is 8.02. The van der Waals surface area contributed by atoms with E-state index in [9.17, 15) is 31.2 Å². The Morgan fingerprint density at radius 1 is 1.00 bits per heavy atom. The molecule has 2 rings (SSSR count). The van der Waals surface area contributed by atoms with Crippen molar-refractivity contribution in [1.29, 1.82) is 0 Å². The summed E-state index contributed by atoms with van der Waals surface area (Å²) in [7, 11) is -4.01. The number of carbonyl (C=O) groups excluding carboxylic acids is 2. The van der Waals surface area contributed by atoms with E-state index >= 15 is 0 Å². The SMILES string of the molecule is CC(C)(C)OC(=O)N1CCN(C(=O)CCNS(=O)(=O)c2ccc(OC(F)(F)F)cc2)CC1. The summed E-state index contributed by atoms with van der Waals surface area (Å²) in [6.07, 6.45) is -5.44. The van der Waals surface area contributed by atoms with E-state index < -0.39 is 33.8 Å². The number of alkyl halides is 3. The third-order valence-electron chi connectivity index (χ3n) is 4.28. The number of halogens is 3. The second kappa shape index (κ2) is 9.94. The van der Waals surface area contributed by atoms with Gasteiger partial charge in [0.1, 0.15) is 11.4 Å². The van der Waals surface area contributed by atoms with Crippen LogP contribution < -0.4 is 9.46 Å². The van der Waals surface area contributed by atoms with Crippen LogP contribution in [0.2, 0.25) is 0 Å². The maximum absolute atomic E-state index is 12.3. The van der Waals surface area contributed by atoms with Gasteiger partial charge < -0.3 is 19.3 Å². The quantitative estimate of drug-likeness (QED) is 0.669. The van der Waals surface area contributed by atoms with Crippen LogP contribution in [-0.2, 0) is 19.6 Å². The van der Waals surface area contributed by atoms with Crippen molar-refractivity contribution in [3.05, 3.63) is 24.3 Å². The first-order valence-corrected chi connectivity index (χ1v) is 11.3. The highest BCUT2D eigenvalue weighted by molar-refractivity contribution is 7.89.